The van der Waals surface area contributed by atoms with Gasteiger partial charge in [-0.1, -0.05) is 37.3 Å². The number of benzene rings is 1. The maximum atomic E-state index is 13.2. The van der Waals surface area contributed by atoms with Crippen LogP contribution in [0.1, 0.15) is 48.7 Å². The molecule has 0 radical (unpaired) electrons. The van der Waals surface area contributed by atoms with E-state index in [2.05, 4.69) is 15.0 Å². The molecule has 2 fully saturated rings. The average molecular weight is 409 g/mol. The molecule has 0 spiro atoms. The summed E-state index contributed by atoms with van der Waals surface area (Å²) in [6.45, 7) is 7.59. The van der Waals surface area contributed by atoms with Crippen molar-refractivity contribution in [3.8, 4) is 0 Å². The number of hydrogen-bond acceptors (Lipinski definition) is 4. The van der Waals surface area contributed by atoms with Crippen molar-refractivity contribution in [2.75, 3.05) is 6.61 Å². The molecule has 7 nitrogen and oxygen atoms in total. The Labute approximate surface area is 176 Å². The molecule has 3 heterocycles. The fourth-order valence-corrected chi connectivity index (χ4v) is 4.38. The number of aromatic nitrogens is 1. The first-order valence-corrected chi connectivity index (χ1v) is 10.5. The third kappa shape index (κ3) is 3.43. The molecule has 0 aliphatic carbocycles. The van der Waals surface area contributed by atoms with Crippen LogP contribution in [0.15, 0.2) is 41.5 Å². The van der Waals surface area contributed by atoms with Gasteiger partial charge in [-0.3, -0.25) is 4.79 Å². The average Bonchev–Trinajstić information content (AvgIpc) is 3.42. The Hall–Kier alpha value is -2.93. The molecule has 1 N–H and O–H groups in total. The van der Waals surface area contributed by atoms with Crippen molar-refractivity contribution < 1.29 is 14.3 Å². The number of carbonyl (C=O) groups is 2. The number of hydrogen-bond donors (Lipinski definition) is 1. The highest BCUT2D eigenvalue weighted by Crippen LogP contribution is 2.32. The summed E-state index contributed by atoms with van der Waals surface area (Å²) in [6, 6.07) is 10.8. The SMILES string of the molecule is CC[C@]1(c2ccccc2)NC(=O)N(/N=C\c2cc(C)n(C[C@H]3CCCO3)c2C)C1=O. The maximum absolute atomic E-state index is 13.2. The van der Waals surface area contributed by atoms with Gasteiger partial charge in [-0.15, -0.1) is 5.01 Å². The van der Waals surface area contributed by atoms with E-state index in [1.54, 1.807) is 6.21 Å². The second kappa shape index (κ2) is 8.07. The second-order valence-corrected chi connectivity index (χ2v) is 7.99. The van der Waals surface area contributed by atoms with Crippen LogP contribution in [0.3, 0.4) is 0 Å². The number of urea groups is 1. The van der Waals surface area contributed by atoms with Crippen molar-refractivity contribution in [2.24, 2.45) is 5.10 Å². The Bertz CT molecular complexity index is 976. The Morgan fingerprint density at radius 1 is 1.27 bits per heavy atom. The minimum absolute atomic E-state index is 0.238. The zero-order valence-corrected chi connectivity index (χ0v) is 17.7. The summed E-state index contributed by atoms with van der Waals surface area (Å²) in [6.07, 6.45) is 4.46. The van der Waals surface area contributed by atoms with E-state index >= 15 is 0 Å². The van der Waals surface area contributed by atoms with Gasteiger partial charge in [0.1, 0.15) is 5.54 Å². The molecular weight excluding hydrogens is 380 g/mol. The van der Waals surface area contributed by atoms with Gasteiger partial charge >= 0.3 is 6.03 Å². The van der Waals surface area contributed by atoms with Crippen LogP contribution in [0.5, 0.6) is 0 Å². The molecule has 4 rings (SSSR count). The number of hydrazone groups is 1. The van der Waals surface area contributed by atoms with Crippen LogP contribution in [0.25, 0.3) is 0 Å². The van der Waals surface area contributed by atoms with Crippen molar-refractivity contribution in [1.29, 1.82) is 0 Å². The summed E-state index contributed by atoms with van der Waals surface area (Å²) in [5.41, 5.74) is 2.72. The highest BCUT2D eigenvalue weighted by Gasteiger charge is 2.51. The lowest BCUT2D eigenvalue weighted by atomic mass is 9.87. The van der Waals surface area contributed by atoms with Crippen molar-refractivity contribution in [3.63, 3.8) is 0 Å². The number of nitrogens with one attached hydrogen (secondary N) is 1. The summed E-state index contributed by atoms with van der Waals surface area (Å²) in [5, 5.41) is 8.07. The second-order valence-electron chi connectivity index (χ2n) is 7.99. The van der Waals surface area contributed by atoms with E-state index in [1.165, 1.54) is 0 Å². The first-order chi connectivity index (χ1) is 14.5. The van der Waals surface area contributed by atoms with Gasteiger partial charge in [0, 0.05) is 30.1 Å². The topological polar surface area (TPSA) is 75.9 Å². The van der Waals surface area contributed by atoms with Gasteiger partial charge in [-0.25, -0.2) is 4.79 Å². The zero-order chi connectivity index (χ0) is 21.3. The molecule has 158 valence electrons. The molecule has 30 heavy (non-hydrogen) atoms. The van der Waals surface area contributed by atoms with Crippen molar-refractivity contribution in [1.82, 2.24) is 14.9 Å². The molecule has 0 bridgehead atoms. The Morgan fingerprint density at radius 3 is 2.70 bits per heavy atom. The molecule has 2 aliphatic heterocycles. The molecule has 3 amide bonds. The first kappa shape index (κ1) is 20.3. The quantitative estimate of drug-likeness (QED) is 0.587. The van der Waals surface area contributed by atoms with Crippen molar-refractivity contribution in [3.05, 3.63) is 58.9 Å². The van der Waals surface area contributed by atoms with Crippen LogP contribution in [0.2, 0.25) is 0 Å². The van der Waals surface area contributed by atoms with Gasteiger partial charge in [0.15, 0.2) is 0 Å². The van der Waals surface area contributed by atoms with E-state index in [-0.39, 0.29) is 12.0 Å². The molecular formula is C23H28N4O3. The number of aryl methyl sites for hydroxylation is 1. The van der Waals surface area contributed by atoms with Gasteiger partial charge < -0.3 is 14.6 Å². The van der Waals surface area contributed by atoms with Crippen LogP contribution in [-0.2, 0) is 21.6 Å². The molecule has 1 aromatic carbocycles. The van der Waals surface area contributed by atoms with Gasteiger partial charge in [-0.05, 0) is 44.7 Å². The third-order valence-corrected chi connectivity index (χ3v) is 6.20. The minimum atomic E-state index is -1.08. The normalized spacial score (nSPS) is 24.2. The highest BCUT2D eigenvalue weighted by molar-refractivity contribution is 6.07. The Kier molecular flexibility index (Phi) is 5.47. The smallest absolute Gasteiger partial charge is 0.346 e. The number of amides is 3. The van der Waals surface area contributed by atoms with E-state index < -0.39 is 11.6 Å². The predicted molar refractivity (Wildman–Crippen MR) is 114 cm³/mol. The fourth-order valence-electron chi connectivity index (χ4n) is 4.38. The van der Waals surface area contributed by atoms with E-state index in [9.17, 15) is 9.59 Å². The van der Waals surface area contributed by atoms with Gasteiger partial charge in [0.2, 0.25) is 0 Å². The minimum Gasteiger partial charge on any atom is -0.376 e. The molecule has 2 atom stereocenters. The van der Waals surface area contributed by atoms with Gasteiger partial charge in [0.05, 0.1) is 12.3 Å². The van der Waals surface area contributed by atoms with Crippen LogP contribution in [-0.4, -0.2) is 40.4 Å². The zero-order valence-electron chi connectivity index (χ0n) is 17.7. The van der Waals surface area contributed by atoms with Crippen LogP contribution < -0.4 is 5.32 Å². The predicted octanol–water partition coefficient (Wildman–Crippen LogP) is 3.48. The number of rotatable bonds is 6. The Balaban J connectivity index is 1.57. The summed E-state index contributed by atoms with van der Waals surface area (Å²) >= 11 is 0. The maximum Gasteiger partial charge on any atom is 0.346 e. The number of imide groups is 1. The van der Waals surface area contributed by atoms with E-state index in [1.807, 2.05) is 57.2 Å². The molecule has 0 saturated carbocycles. The number of ether oxygens (including phenoxy) is 1. The molecule has 7 heteroatoms. The Morgan fingerprint density at radius 2 is 2.03 bits per heavy atom. The third-order valence-electron chi connectivity index (χ3n) is 6.20. The van der Waals surface area contributed by atoms with E-state index in [0.29, 0.717) is 6.42 Å². The van der Waals surface area contributed by atoms with Crippen LogP contribution in [0.4, 0.5) is 4.79 Å². The molecule has 1 aromatic heterocycles. The summed E-state index contributed by atoms with van der Waals surface area (Å²) in [7, 11) is 0. The lowest BCUT2D eigenvalue weighted by Crippen LogP contribution is -2.43. The number of nitrogens with zero attached hydrogens (tertiary/aromatic N) is 3. The first-order valence-electron chi connectivity index (χ1n) is 10.5. The largest absolute Gasteiger partial charge is 0.376 e. The van der Waals surface area contributed by atoms with Crippen LogP contribution in [0, 0.1) is 13.8 Å². The molecule has 2 saturated heterocycles. The monoisotopic (exact) mass is 408 g/mol. The highest BCUT2D eigenvalue weighted by atomic mass is 16.5. The van der Waals surface area contributed by atoms with Crippen LogP contribution >= 0.6 is 0 Å². The van der Waals surface area contributed by atoms with Crippen molar-refractivity contribution >= 4 is 18.2 Å². The van der Waals surface area contributed by atoms with E-state index in [0.717, 1.165) is 53.5 Å². The lowest BCUT2D eigenvalue weighted by Gasteiger charge is -2.24. The standard InChI is InChI=1S/C23H28N4O3/c1-4-23(19-9-6-5-7-10-19)21(28)27(22(29)25-23)24-14-18-13-16(2)26(17(18)3)15-20-11-8-12-30-20/h5-7,9-10,13-14,20H,4,8,11-12,15H2,1-3H3,(H,25,29)/b24-14-/t20-,23-/m1/s1. The molecule has 0 unspecified atom stereocenters. The fraction of sp³-hybridized carbons (Fsp3) is 0.435. The van der Waals surface area contributed by atoms with Gasteiger partial charge in [0.25, 0.3) is 5.91 Å². The molecule has 2 aliphatic rings. The van der Waals surface area contributed by atoms with E-state index in [4.69, 9.17) is 4.74 Å². The summed E-state index contributed by atoms with van der Waals surface area (Å²) in [4.78, 5) is 25.8. The molecule has 2 aromatic rings. The van der Waals surface area contributed by atoms with Crippen molar-refractivity contribution in [2.45, 2.75) is 58.2 Å². The summed E-state index contributed by atoms with van der Waals surface area (Å²) < 4.78 is 7.97. The number of carbonyl (C=O) groups excluding carboxylic acids is 2. The summed E-state index contributed by atoms with van der Waals surface area (Å²) in [5.74, 6) is -0.356. The lowest BCUT2D eigenvalue weighted by molar-refractivity contribution is -0.131. The van der Waals surface area contributed by atoms with Gasteiger partial charge in [-0.2, -0.15) is 5.10 Å².